The summed E-state index contributed by atoms with van der Waals surface area (Å²) in [5.74, 6) is -3.81. The summed E-state index contributed by atoms with van der Waals surface area (Å²) in [4.78, 5) is 0. The molecule has 0 aromatic carbocycles. The molecular weight excluding hydrogens is 292 g/mol. The Kier molecular flexibility index (Phi) is 7.49. The van der Waals surface area contributed by atoms with E-state index in [1.807, 2.05) is 20.8 Å². The Balaban J connectivity index is 6.53. The van der Waals surface area contributed by atoms with Gasteiger partial charge in [-0.3, -0.25) is 0 Å². The maximum atomic E-state index is 5.81. The molecule has 0 radical (unpaired) electrons. The van der Waals surface area contributed by atoms with Gasteiger partial charge in [0.2, 0.25) is 11.6 Å². The van der Waals surface area contributed by atoms with Gasteiger partial charge in [-0.15, -0.1) is 0 Å². The molecule has 6 nitrogen and oxygen atoms in total. The van der Waals surface area contributed by atoms with Gasteiger partial charge < -0.3 is 28.4 Å². The Morgan fingerprint density at radius 1 is 0.667 bits per heavy atom. The van der Waals surface area contributed by atoms with Crippen LogP contribution in [0.25, 0.3) is 0 Å². The number of ether oxygens (including phenoxy) is 6. The first-order valence-corrected chi connectivity index (χ1v) is 7.98. The van der Waals surface area contributed by atoms with Crippen LogP contribution in [0.3, 0.4) is 0 Å². The van der Waals surface area contributed by atoms with Crippen molar-refractivity contribution in [3.63, 3.8) is 0 Å². The molecule has 0 fully saturated rings. The third-order valence-corrected chi connectivity index (χ3v) is 4.86. The van der Waals surface area contributed by atoms with Crippen molar-refractivity contribution in [1.29, 1.82) is 0 Å². The second-order valence-corrected chi connectivity index (χ2v) is 8.31. The molecule has 0 aliphatic carbocycles. The lowest BCUT2D eigenvalue weighted by molar-refractivity contribution is -0.483. The molecule has 0 saturated heterocycles. The summed E-state index contributed by atoms with van der Waals surface area (Å²) in [5, 5.41) is -0.361. The van der Waals surface area contributed by atoms with Crippen molar-refractivity contribution in [2.24, 2.45) is 0 Å². The van der Waals surface area contributed by atoms with Crippen LogP contribution in [0.5, 0.6) is 0 Å². The Bertz CT molecular complexity index is 295. The second kappa shape index (κ2) is 7.50. The van der Waals surface area contributed by atoms with Crippen molar-refractivity contribution in [1.82, 2.24) is 0 Å². The van der Waals surface area contributed by atoms with Crippen molar-refractivity contribution < 1.29 is 28.4 Å². The zero-order valence-electron chi connectivity index (χ0n) is 15.2. The van der Waals surface area contributed by atoms with Gasteiger partial charge in [0.05, 0.1) is 0 Å². The Hall–Kier alpha value is -0.0231. The van der Waals surface area contributed by atoms with Crippen LogP contribution in [-0.4, -0.2) is 70.3 Å². The van der Waals surface area contributed by atoms with Crippen LogP contribution in [0.1, 0.15) is 27.2 Å². The molecule has 0 aromatic heterocycles. The van der Waals surface area contributed by atoms with Gasteiger partial charge in [-0.05, 0) is 0 Å². The smallest absolute Gasteiger partial charge is 0.279 e. The lowest BCUT2D eigenvalue weighted by Gasteiger charge is -2.58. The van der Waals surface area contributed by atoms with Crippen molar-refractivity contribution in [2.75, 3.05) is 42.7 Å². The number of hydrogen-bond acceptors (Lipinski definition) is 6. The maximum absolute atomic E-state index is 5.81. The molecule has 0 N–H and O–H groups in total. The summed E-state index contributed by atoms with van der Waals surface area (Å²) < 4.78 is 34.6. The first-order valence-electron chi connectivity index (χ1n) is 6.98. The highest BCUT2D eigenvalue weighted by Gasteiger charge is 2.71. The van der Waals surface area contributed by atoms with E-state index in [0.717, 1.165) is 10.2 Å². The monoisotopic (exact) mass is 324 g/mol. The number of hydrogen-bond donors (Lipinski definition) is 0. The average Bonchev–Trinajstić information content (AvgIpc) is 2.47. The first kappa shape index (κ1) is 21.0. The lowest BCUT2D eigenvalue weighted by Crippen LogP contribution is -2.75. The Labute approximate surface area is 131 Å². The van der Waals surface area contributed by atoms with Gasteiger partial charge in [0.15, 0.2) is 0 Å². The second-order valence-electron chi connectivity index (χ2n) is 5.81. The summed E-state index contributed by atoms with van der Waals surface area (Å²) in [7, 11) is 10.1. The number of rotatable bonds is 10. The molecule has 0 heterocycles. The van der Waals surface area contributed by atoms with Crippen LogP contribution in [-0.2, 0) is 28.4 Å². The normalized spacial score (nSPS) is 14.7. The fraction of sp³-hybridized carbons (Fsp3) is 1.00. The van der Waals surface area contributed by atoms with Crippen LogP contribution < -0.4 is 0 Å². The van der Waals surface area contributed by atoms with E-state index < -0.39 is 17.4 Å². The van der Waals surface area contributed by atoms with E-state index in [0.29, 0.717) is 6.42 Å². The fourth-order valence-corrected chi connectivity index (χ4v) is 3.98. The molecule has 0 atom stereocenters. The topological polar surface area (TPSA) is 55.4 Å². The van der Waals surface area contributed by atoms with Crippen molar-refractivity contribution >= 4 is 10.2 Å². The van der Waals surface area contributed by atoms with E-state index in [1.165, 1.54) is 14.2 Å². The van der Waals surface area contributed by atoms with E-state index in [-0.39, 0.29) is 5.04 Å². The number of methoxy groups -OCH3 is 6. The lowest BCUT2D eigenvalue weighted by atomic mass is 9.84. The predicted molar refractivity (Wildman–Crippen MR) is 84.5 cm³/mol. The molecule has 0 amide bonds. The highest BCUT2D eigenvalue weighted by atomic mass is 28.1. The van der Waals surface area contributed by atoms with E-state index in [1.54, 1.807) is 28.4 Å². The molecule has 0 aliphatic rings. The predicted octanol–water partition coefficient (Wildman–Crippen LogP) is 0.928. The van der Waals surface area contributed by atoms with Gasteiger partial charge in [-0.1, -0.05) is 20.8 Å². The van der Waals surface area contributed by atoms with Gasteiger partial charge >= 0.3 is 0 Å². The summed E-state index contributed by atoms with van der Waals surface area (Å²) >= 11 is 0. The molecular formula is C14H32O6Si. The van der Waals surface area contributed by atoms with Crippen LogP contribution >= 0.6 is 0 Å². The minimum atomic E-state index is -1.41. The van der Waals surface area contributed by atoms with Crippen molar-refractivity contribution in [3.05, 3.63) is 0 Å². The molecule has 0 rings (SSSR count). The van der Waals surface area contributed by atoms with Crippen LogP contribution in [0.2, 0.25) is 5.04 Å². The molecule has 0 saturated carbocycles. The van der Waals surface area contributed by atoms with Gasteiger partial charge in [0.1, 0.15) is 0 Å². The van der Waals surface area contributed by atoms with E-state index in [2.05, 4.69) is 0 Å². The standard InChI is InChI=1S/C14H32O6Si/c1-10-12(15-4,16-5)14(19-8,20-9)13(17-6,18-7)11(2,3)21/h10H2,1-9,21H3. The zero-order chi connectivity index (χ0) is 16.9. The van der Waals surface area contributed by atoms with Crippen molar-refractivity contribution in [2.45, 2.75) is 49.6 Å². The molecule has 21 heavy (non-hydrogen) atoms. The fourth-order valence-electron chi connectivity index (χ4n) is 3.25. The third-order valence-electron chi connectivity index (χ3n) is 4.20. The molecule has 0 aliphatic heterocycles. The summed E-state index contributed by atoms with van der Waals surface area (Å²) in [5.41, 5.74) is 0. The van der Waals surface area contributed by atoms with E-state index in [9.17, 15) is 0 Å². The first-order chi connectivity index (χ1) is 9.67. The summed E-state index contributed by atoms with van der Waals surface area (Å²) in [6.07, 6.45) is 0.480. The Morgan fingerprint density at radius 3 is 1.14 bits per heavy atom. The molecule has 0 unspecified atom stereocenters. The van der Waals surface area contributed by atoms with E-state index in [4.69, 9.17) is 28.4 Å². The summed E-state index contributed by atoms with van der Waals surface area (Å²) in [6.45, 7) is 5.99. The molecule has 0 aromatic rings. The van der Waals surface area contributed by atoms with Crippen LogP contribution in [0.15, 0.2) is 0 Å². The van der Waals surface area contributed by atoms with Crippen LogP contribution in [0, 0.1) is 0 Å². The van der Waals surface area contributed by atoms with Gasteiger partial charge in [0, 0.05) is 64.4 Å². The summed E-state index contributed by atoms with van der Waals surface area (Å²) in [6, 6.07) is 0. The average molecular weight is 324 g/mol. The minimum Gasteiger partial charge on any atom is -0.349 e. The molecule has 128 valence electrons. The Morgan fingerprint density at radius 2 is 1.00 bits per heavy atom. The van der Waals surface area contributed by atoms with Crippen LogP contribution in [0.4, 0.5) is 0 Å². The largest absolute Gasteiger partial charge is 0.349 e. The zero-order valence-corrected chi connectivity index (χ0v) is 17.2. The SMILES string of the molecule is CCC(OC)(OC)C(OC)(OC)C(OC)(OC)C(C)(C)[SiH3]. The third kappa shape index (κ3) is 2.80. The highest BCUT2D eigenvalue weighted by molar-refractivity contribution is 6.15. The molecule has 0 bridgehead atoms. The minimum absolute atomic E-state index is 0.361. The van der Waals surface area contributed by atoms with Gasteiger partial charge in [-0.25, -0.2) is 0 Å². The molecule has 7 heteroatoms. The van der Waals surface area contributed by atoms with Gasteiger partial charge in [-0.2, -0.15) is 0 Å². The highest BCUT2D eigenvalue weighted by Crippen LogP contribution is 2.53. The van der Waals surface area contributed by atoms with E-state index >= 15 is 0 Å². The van der Waals surface area contributed by atoms with Crippen molar-refractivity contribution in [3.8, 4) is 0 Å². The maximum Gasteiger partial charge on any atom is 0.279 e. The quantitative estimate of drug-likeness (QED) is 0.440. The van der Waals surface area contributed by atoms with Gasteiger partial charge in [0.25, 0.3) is 5.79 Å². The molecule has 0 spiro atoms.